The van der Waals surface area contributed by atoms with Crippen molar-refractivity contribution >= 4 is 23.2 Å². The number of amides is 2. The molecule has 1 saturated carbocycles. The van der Waals surface area contributed by atoms with Gasteiger partial charge in [-0.1, -0.05) is 33.6 Å². The zero-order chi connectivity index (χ0) is 17.5. The molecule has 1 fully saturated rings. The van der Waals surface area contributed by atoms with Crippen LogP contribution in [0.2, 0.25) is 0 Å². The predicted octanol–water partition coefficient (Wildman–Crippen LogP) is 3.43. The summed E-state index contributed by atoms with van der Waals surface area (Å²) in [5.41, 5.74) is 6.34. The highest BCUT2D eigenvalue weighted by Crippen LogP contribution is 2.40. The van der Waals surface area contributed by atoms with Crippen molar-refractivity contribution in [2.75, 3.05) is 0 Å². The second-order valence-electron chi connectivity index (χ2n) is 8.47. The van der Waals surface area contributed by atoms with Crippen molar-refractivity contribution in [3.63, 3.8) is 0 Å². The number of carbonyl (C=O) groups is 2. The van der Waals surface area contributed by atoms with E-state index in [1.54, 1.807) is 11.3 Å². The van der Waals surface area contributed by atoms with Crippen LogP contribution in [0.4, 0.5) is 0 Å². The predicted molar refractivity (Wildman–Crippen MR) is 97.1 cm³/mol. The summed E-state index contributed by atoms with van der Waals surface area (Å²) in [7, 11) is 0. The molecule has 1 atom stereocenters. The Bertz CT molecular complexity index is 651. The van der Waals surface area contributed by atoms with Crippen molar-refractivity contribution in [1.29, 1.82) is 0 Å². The smallest absolute Gasteiger partial charge is 0.262 e. The summed E-state index contributed by atoms with van der Waals surface area (Å²) in [4.78, 5) is 26.6. The van der Waals surface area contributed by atoms with Crippen molar-refractivity contribution in [3.05, 3.63) is 21.4 Å². The van der Waals surface area contributed by atoms with Crippen molar-refractivity contribution in [1.82, 2.24) is 5.32 Å². The van der Waals surface area contributed by atoms with E-state index < -0.39 is 11.4 Å². The van der Waals surface area contributed by atoms with Crippen molar-refractivity contribution < 1.29 is 9.59 Å². The Kier molecular flexibility index (Phi) is 4.49. The second kappa shape index (κ2) is 6.17. The minimum absolute atomic E-state index is 0.137. The van der Waals surface area contributed by atoms with Gasteiger partial charge in [0.25, 0.3) is 5.91 Å². The van der Waals surface area contributed by atoms with Crippen molar-refractivity contribution in [2.24, 2.45) is 17.1 Å². The molecule has 0 aliphatic heterocycles. The van der Waals surface area contributed by atoms with Gasteiger partial charge in [0, 0.05) is 4.88 Å². The van der Waals surface area contributed by atoms with Gasteiger partial charge < -0.3 is 11.1 Å². The summed E-state index contributed by atoms with van der Waals surface area (Å²) in [6, 6.07) is 2.04. The van der Waals surface area contributed by atoms with Crippen LogP contribution in [0.3, 0.4) is 0 Å². The molecule has 1 heterocycles. The Morgan fingerprint density at radius 2 is 1.96 bits per heavy atom. The summed E-state index contributed by atoms with van der Waals surface area (Å²) in [5, 5.41) is 2.96. The van der Waals surface area contributed by atoms with E-state index in [0.29, 0.717) is 24.2 Å². The lowest BCUT2D eigenvalue weighted by Crippen LogP contribution is -2.55. The van der Waals surface area contributed by atoms with Crippen LogP contribution in [0.15, 0.2) is 6.07 Å². The molecule has 24 heavy (non-hydrogen) atoms. The molecule has 1 aromatic heterocycles. The highest BCUT2D eigenvalue weighted by molar-refractivity contribution is 7.14. The SMILES string of the molecule is CC(C)(C)C1CCc2sc(C(=O)NC3(C(N)=O)CCCC3)cc2C1. The summed E-state index contributed by atoms with van der Waals surface area (Å²) in [5.74, 6) is 0.118. The Hall–Kier alpha value is -1.36. The standard InChI is InChI=1S/C19H28N2O2S/c1-18(2,3)13-6-7-14-12(10-13)11-15(24-14)16(22)21-19(17(20)23)8-4-5-9-19/h11,13H,4-10H2,1-3H3,(H2,20,23)(H,21,22). The first-order chi connectivity index (χ1) is 11.2. The Balaban J connectivity index is 1.76. The van der Waals surface area contributed by atoms with Crippen LogP contribution in [-0.2, 0) is 17.6 Å². The van der Waals surface area contributed by atoms with Gasteiger partial charge in [-0.2, -0.15) is 0 Å². The van der Waals surface area contributed by atoms with Crippen LogP contribution in [-0.4, -0.2) is 17.4 Å². The number of thiophene rings is 1. The minimum atomic E-state index is -0.838. The first-order valence-corrected chi connectivity index (χ1v) is 9.77. The molecule has 0 bridgehead atoms. The normalized spacial score (nSPS) is 22.9. The molecule has 5 heteroatoms. The molecule has 2 amide bonds. The first kappa shape index (κ1) is 17.5. The number of rotatable bonds is 3. The molecule has 3 rings (SSSR count). The van der Waals surface area contributed by atoms with E-state index in [2.05, 4.69) is 26.1 Å². The first-order valence-electron chi connectivity index (χ1n) is 8.95. The molecular weight excluding hydrogens is 320 g/mol. The van der Waals surface area contributed by atoms with Crippen LogP contribution in [0.5, 0.6) is 0 Å². The molecule has 132 valence electrons. The zero-order valence-corrected chi connectivity index (χ0v) is 15.7. The average molecular weight is 349 g/mol. The second-order valence-corrected chi connectivity index (χ2v) is 9.61. The fourth-order valence-electron chi connectivity index (χ4n) is 4.07. The van der Waals surface area contributed by atoms with Crippen LogP contribution >= 0.6 is 11.3 Å². The molecular formula is C19H28N2O2S. The molecule has 0 spiro atoms. The van der Waals surface area contributed by atoms with E-state index in [1.165, 1.54) is 16.9 Å². The number of carbonyl (C=O) groups excluding carboxylic acids is 2. The Morgan fingerprint density at radius 3 is 2.54 bits per heavy atom. The zero-order valence-electron chi connectivity index (χ0n) is 14.9. The lowest BCUT2D eigenvalue weighted by Gasteiger charge is -2.33. The van der Waals surface area contributed by atoms with Gasteiger partial charge in [-0.3, -0.25) is 9.59 Å². The van der Waals surface area contributed by atoms with E-state index in [0.717, 1.165) is 30.6 Å². The number of nitrogens with two attached hydrogens (primary N) is 1. The minimum Gasteiger partial charge on any atom is -0.368 e. The maximum atomic E-state index is 12.7. The third-order valence-electron chi connectivity index (χ3n) is 5.81. The van der Waals surface area contributed by atoms with Gasteiger partial charge in [0.05, 0.1) is 4.88 Å². The molecule has 4 nitrogen and oxygen atoms in total. The van der Waals surface area contributed by atoms with Gasteiger partial charge in [-0.25, -0.2) is 0 Å². The quantitative estimate of drug-likeness (QED) is 0.878. The van der Waals surface area contributed by atoms with Gasteiger partial charge in [-0.15, -0.1) is 11.3 Å². The maximum absolute atomic E-state index is 12.7. The molecule has 0 aromatic carbocycles. The van der Waals surface area contributed by atoms with Gasteiger partial charge in [-0.05, 0) is 55.1 Å². The molecule has 1 unspecified atom stereocenters. The molecule has 0 radical (unpaired) electrons. The molecule has 2 aliphatic carbocycles. The van der Waals surface area contributed by atoms with E-state index in [9.17, 15) is 9.59 Å². The monoisotopic (exact) mass is 348 g/mol. The van der Waals surface area contributed by atoms with Crippen LogP contribution in [0.25, 0.3) is 0 Å². The summed E-state index contributed by atoms with van der Waals surface area (Å²) in [6.07, 6.45) is 6.48. The van der Waals surface area contributed by atoms with Crippen molar-refractivity contribution in [3.8, 4) is 0 Å². The highest BCUT2D eigenvalue weighted by Gasteiger charge is 2.41. The number of nitrogens with one attached hydrogen (secondary N) is 1. The van der Waals surface area contributed by atoms with E-state index in [4.69, 9.17) is 5.73 Å². The molecule has 2 aliphatic rings. The number of primary amides is 1. The largest absolute Gasteiger partial charge is 0.368 e. The van der Waals surface area contributed by atoms with Gasteiger partial charge in [0.15, 0.2) is 0 Å². The summed E-state index contributed by atoms with van der Waals surface area (Å²) < 4.78 is 0. The lowest BCUT2D eigenvalue weighted by atomic mass is 9.72. The van der Waals surface area contributed by atoms with Crippen LogP contribution in [0.1, 0.15) is 73.0 Å². The fraction of sp³-hybridized carbons (Fsp3) is 0.684. The van der Waals surface area contributed by atoms with Crippen LogP contribution in [0, 0.1) is 11.3 Å². The van der Waals surface area contributed by atoms with E-state index >= 15 is 0 Å². The van der Waals surface area contributed by atoms with Gasteiger partial charge in [0.2, 0.25) is 5.91 Å². The Morgan fingerprint density at radius 1 is 1.29 bits per heavy atom. The van der Waals surface area contributed by atoms with E-state index in [1.807, 2.05) is 6.07 Å². The maximum Gasteiger partial charge on any atom is 0.262 e. The summed E-state index contributed by atoms with van der Waals surface area (Å²) >= 11 is 1.59. The summed E-state index contributed by atoms with van der Waals surface area (Å²) in [6.45, 7) is 6.87. The highest BCUT2D eigenvalue weighted by atomic mass is 32.1. The third kappa shape index (κ3) is 3.23. The topological polar surface area (TPSA) is 72.2 Å². The number of aryl methyl sites for hydroxylation is 1. The van der Waals surface area contributed by atoms with Crippen LogP contribution < -0.4 is 11.1 Å². The number of fused-ring (bicyclic) bond motifs is 1. The lowest BCUT2D eigenvalue weighted by molar-refractivity contribution is -0.123. The fourth-order valence-corrected chi connectivity index (χ4v) is 5.17. The number of hydrogen-bond acceptors (Lipinski definition) is 3. The average Bonchev–Trinajstić information content (AvgIpc) is 3.12. The third-order valence-corrected chi connectivity index (χ3v) is 7.05. The van der Waals surface area contributed by atoms with Gasteiger partial charge >= 0.3 is 0 Å². The van der Waals surface area contributed by atoms with E-state index in [-0.39, 0.29) is 5.91 Å². The molecule has 0 saturated heterocycles. The Labute approximate surface area is 148 Å². The molecule has 3 N–H and O–H groups in total. The molecule has 1 aromatic rings. The van der Waals surface area contributed by atoms with Gasteiger partial charge in [0.1, 0.15) is 5.54 Å². The number of hydrogen-bond donors (Lipinski definition) is 2. The van der Waals surface area contributed by atoms with Crippen molar-refractivity contribution in [2.45, 2.75) is 71.3 Å².